The fourth-order valence-electron chi connectivity index (χ4n) is 4.26. The van der Waals surface area contributed by atoms with Gasteiger partial charge in [-0.05, 0) is 24.2 Å². The number of Topliss-reactive ketones (excluding diaryl/α,β-unsaturated/α-hetero) is 1. The number of halogens is 4. The lowest BCUT2D eigenvalue weighted by atomic mass is 9.68. The van der Waals surface area contributed by atoms with Gasteiger partial charge in [-0.25, -0.2) is 9.69 Å². The smallest absolute Gasteiger partial charge is 0.418 e. The summed E-state index contributed by atoms with van der Waals surface area (Å²) in [5.74, 6) is -0.678. The van der Waals surface area contributed by atoms with Crippen molar-refractivity contribution in [2.75, 3.05) is 0 Å². The molecule has 0 radical (unpaired) electrons. The molecule has 3 rings (SSSR count). The largest absolute Gasteiger partial charge is 0.438 e. The number of imide groups is 1. The molecule has 0 spiro atoms. The van der Waals surface area contributed by atoms with E-state index in [2.05, 4.69) is 0 Å². The molecule has 5 nitrogen and oxygen atoms in total. The summed E-state index contributed by atoms with van der Waals surface area (Å²) in [5.41, 5.74) is -3.08. The van der Waals surface area contributed by atoms with Crippen LogP contribution in [0.4, 0.5) is 4.79 Å². The molecule has 1 aliphatic heterocycles. The Morgan fingerprint density at radius 1 is 1.30 bits per heavy atom. The van der Waals surface area contributed by atoms with Gasteiger partial charge >= 0.3 is 6.09 Å². The van der Waals surface area contributed by atoms with E-state index >= 15 is 0 Å². The lowest BCUT2D eigenvalue weighted by Crippen LogP contribution is -2.54. The molecule has 2 amide bonds. The van der Waals surface area contributed by atoms with Crippen molar-refractivity contribution in [2.24, 2.45) is 16.7 Å². The monoisotopic (exact) mass is 401 g/mol. The molecule has 2 aliphatic carbocycles. The van der Waals surface area contributed by atoms with Crippen LogP contribution >= 0.6 is 46.4 Å². The highest BCUT2D eigenvalue weighted by atomic mass is 35.6. The molecule has 128 valence electrons. The molecule has 0 aromatic rings. The average molecular weight is 403 g/mol. The number of ether oxygens (including phenoxy) is 1. The van der Waals surface area contributed by atoms with Crippen LogP contribution in [-0.4, -0.2) is 38.1 Å². The van der Waals surface area contributed by atoms with Gasteiger partial charge in [0.1, 0.15) is 11.2 Å². The molecule has 0 aromatic heterocycles. The van der Waals surface area contributed by atoms with Crippen LogP contribution in [0.1, 0.15) is 33.1 Å². The summed E-state index contributed by atoms with van der Waals surface area (Å²) in [6, 6.07) is 0. The van der Waals surface area contributed by atoms with Crippen molar-refractivity contribution in [1.29, 1.82) is 0 Å². The zero-order valence-electron chi connectivity index (χ0n) is 12.4. The van der Waals surface area contributed by atoms with Gasteiger partial charge in [0, 0.05) is 6.42 Å². The number of amides is 2. The number of ketones is 1. The quantitative estimate of drug-likeness (QED) is 0.381. The molecule has 2 saturated carbocycles. The van der Waals surface area contributed by atoms with Gasteiger partial charge in [0.05, 0.1) is 0 Å². The summed E-state index contributed by atoms with van der Waals surface area (Å²) < 4.78 is 2.99. The second kappa shape index (κ2) is 5.13. The van der Waals surface area contributed by atoms with Gasteiger partial charge in [0.2, 0.25) is 9.70 Å². The standard InChI is InChI=1S/C14H15Cl4NO4/c1-12(2)6-3-4-13(12,7(20)5-6)10(21)19-9(15)8(14(16,17)18)23-11(19)22/h6,8-9H,3-5H2,1-2H3/t6-,8-,9-,13+/m1/s1. The van der Waals surface area contributed by atoms with Crippen LogP contribution in [0.15, 0.2) is 0 Å². The molecular formula is C14H15Cl4NO4. The van der Waals surface area contributed by atoms with Gasteiger partial charge in [0.15, 0.2) is 11.6 Å². The number of carbonyl (C=O) groups is 3. The van der Waals surface area contributed by atoms with Gasteiger partial charge in [0.25, 0.3) is 0 Å². The van der Waals surface area contributed by atoms with Gasteiger partial charge < -0.3 is 4.74 Å². The third kappa shape index (κ3) is 2.16. The van der Waals surface area contributed by atoms with Gasteiger partial charge in [-0.15, -0.1) is 0 Å². The van der Waals surface area contributed by atoms with Crippen LogP contribution in [0.2, 0.25) is 0 Å². The Bertz CT molecular complexity index is 602. The van der Waals surface area contributed by atoms with E-state index in [4.69, 9.17) is 51.1 Å². The molecule has 0 aromatic carbocycles. The molecule has 0 N–H and O–H groups in total. The van der Waals surface area contributed by atoms with Crippen molar-refractivity contribution in [3.8, 4) is 0 Å². The van der Waals surface area contributed by atoms with E-state index in [0.29, 0.717) is 12.8 Å². The molecule has 23 heavy (non-hydrogen) atoms. The first-order valence-electron chi connectivity index (χ1n) is 7.23. The molecule has 1 saturated heterocycles. The van der Waals surface area contributed by atoms with Crippen LogP contribution in [0, 0.1) is 16.7 Å². The molecular weight excluding hydrogens is 388 g/mol. The highest BCUT2D eigenvalue weighted by Crippen LogP contribution is 2.65. The van der Waals surface area contributed by atoms with Crippen LogP contribution in [0.5, 0.6) is 0 Å². The number of hydrogen-bond acceptors (Lipinski definition) is 4. The molecule has 0 unspecified atom stereocenters. The number of alkyl halides is 4. The number of fused-ring (bicyclic) bond motifs is 2. The topological polar surface area (TPSA) is 63.7 Å². The van der Waals surface area contributed by atoms with E-state index in [-0.39, 0.29) is 11.7 Å². The fraction of sp³-hybridized carbons (Fsp3) is 0.786. The second-order valence-electron chi connectivity index (χ2n) is 6.88. The van der Waals surface area contributed by atoms with Crippen molar-refractivity contribution in [2.45, 2.75) is 48.5 Å². The van der Waals surface area contributed by atoms with Crippen molar-refractivity contribution in [1.82, 2.24) is 4.90 Å². The summed E-state index contributed by atoms with van der Waals surface area (Å²) in [4.78, 5) is 38.6. The molecule has 1 heterocycles. The average Bonchev–Trinajstić information content (AvgIpc) is 2.92. The summed E-state index contributed by atoms with van der Waals surface area (Å²) in [7, 11) is 0. The van der Waals surface area contributed by atoms with Crippen LogP contribution in [0.3, 0.4) is 0 Å². The third-order valence-electron chi connectivity index (χ3n) is 5.72. The summed E-state index contributed by atoms with van der Waals surface area (Å²) in [6.07, 6.45) is -0.788. The van der Waals surface area contributed by atoms with E-state index in [1.54, 1.807) is 0 Å². The highest BCUT2D eigenvalue weighted by molar-refractivity contribution is 6.68. The Kier molecular flexibility index (Phi) is 3.93. The zero-order valence-corrected chi connectivity index (χ0v) is 15.5. The molecule has 4 atom stereocenters. The van der Waals surface area contributed by atoms with E-state index in [9.17, 15) is 14.4 Å². The lowest BCUT2D eigenvalue weighted by molar-refractivity contribution is -0.150. The first kappa shape index (κ1) is 17.6. The van der Waals surface area contributed by atoms with Crippen molar-refractivity contribution in [3.63, 3.8) is 0 Å². The van der Waals surface area contributed by atoms with E-state index in [1.807, 2.05) is 13.8 Å². The SMILES string of the molecule is CC1(C)[C@@H]2CC[C@@]1(C(=O)N1C(=O)O[C@@H](C(Cl)(Cl)Cl)[C@@H]1Cl)C(=O)C2. The van der Waals surface area contributed by atoms with Crippen LogP contribution < -0.4 is 0 Å². The van der Waals surface area contributed by atoms with Gasteiger partial charge in [-0.3, -0.25) is 9.59 Å². The molecule has 3 fully saturated rings. The molecule has 2 bridgehead atoms. The Morgan fingerprint density at radius 2 is 1.91 bits per heavy atom. The summed E-state index contributed by atoms with van der Waals surface area (Å²) >= 11 is 23.4. The fourth-order valence-corrected chi connectivity index (χ4v) is 5.35. The summed E-state index contributed by atoms with van der Waals surface area (Å²) in [5, 5.41) is 0. The summed E-state index contributed by atoms with van der Waals surface area (Å²) in [6.45, 7) is 3.76. The van der Waals surface area contributed by atoms with Crippen molar-refractivity contribution in [3.05, 3.63) is 0 Å². The van der Waals surface area contributed by atoms with Gasteiger partial charge in [-0.2, -0.15) is 0 Å². The highest BCUT2D eigenvalue weighted by Gasteiger charge is 2.71. The minimum atomic E-state index is -1.97. The first-order valence-corrected chi connectivity index (χ1v) is 8.80. The number of rotatable bonds is 1. The van der Waals surface area contributed by atoms with E-state index < -0.39 is 38.2 Å². The van der Waals surface area contributed by atoms with Crippen molar-refractivity contribution >= 4 is 64.2 Å². The normalized spacial score (nSPS) is 39.0. The Labute approximate surface area is 153 Å². The minimum Gasteiger partial charge on any atom is -0.438 e. The molecule has 3 aliphatic rings. The van der Waals surface area contributed by atoms with Gasteiger partial charge in [-0.1, -0.05) is 60.3 Å². The predicted molar refractivity (Wildman–Crippen MR) is 85.6 cm³/mol. The number of cyclic esters (lactones) is 1. The maximum atomic E-state index is 13.1. The lowest BCUT2D eigenvalue weighted by Gasteiger charge is -2.37. The van der Waals surface area contributed by atoms with E-state index in [1.165, 1.54) is 0 Å². The van der Waals surface area contributed by atoms with Crippen molar-refractivity contribution < 1.29 is 19.1 Å². The van der Waals surface area contributed by atoms with Crippen LogP contribution in [-0.2, 0) is 14.3 Å². The number of carbonyl (C=O) groups excluding carboxylic acids is 3. The second-order valence-corrected chi connectivity index (χ2v) is 9.70. The Morgan fingerprint density at radius 3 is 2.30 bits per heavy atom. The van der Waals surface area contributed by atoms with E-state index in [0.717, 1.165) is 11.3 Å². The number of hydrogen-bond donors (Lipinski definition) is 0. The number of nitrogens with zero attached hydrogens (tertiary/aromatic N) is 1. The Balaban J connectivity index is 1.98. The molecule has 9 heteroatoms. The third-order valence-corrected chi connectivity index (χ3v) is 6.79. The Hall–Kier alpha value is -0.230. The predicted octanol–water partition coefficient (Wildman–Crippen LogP) is 3.66. The maximum absolute atomic E-state index is 13.1. The maximum Gasteiger partial charge on any atom is 0.418 e. The first-order chi connectivity index (χ1) is 10.4. The minimum absolute atomic E-state index is 0.121. The zero-order chi connectivity index (χ0) is 17.4. The van der Waals surface area contributed by atoms with Crippen LogP contribution in [0.25, 0.3) is 0 Å².